The standard InChI is InChI=1S/C17H21N3S/c1-4-17(2,3)11-5-6-13-10(7-11)8-12-15(19)14(9-18)21-16(12)20-13/h8,11H,4-7,19H2,1-3H3/t11-/m0/s1. The second-order valence-corrected chi connectivity index (χ2v) is 7.68. The maximum absolute atomic E-state index is 9.12. The number of nitriles is 1. The quantitative estimate of drug-likeness (QED) is 0.899. The third-order valence-corrected chi connectivity index (χ3v) is 6.22. The lowest BCUT2D eigenvalue weighted by Crippen LogP contribution is -2.29. The number of nitrogens with zero attached hydrogens (tertiary/aromatic N) is 2. The molecule has 2 aromatic rings. The van der Waals surface area contributed by atoms with Gasteiger partial charge in [0.15, 0.2) is 0 Å². The second-order valence-electron chi connectivity index (χ2n) is 6.69. The summed E-state index contributed by atoms with van der Waals surface area (Å²) in [5.41, 5.74) is 9.58. The van der Waals surface area contributed by atoms with Crippen molar-refractivity contribution in [3.63, 3.8) is 0 Å². The number of rotatable bonds is 2. The summed E-state index contributed by atoms with van der Waals surface area (Å²) in [6, 6.07) is 4.35. The van der Waals surface area contributed by atoms with E-state index in [4.69, 9.17) is 16.0 Å². The summed E-state index contributed by atoms with van der Waals surface area (Å²) in [4.78, 5) is 6.28. The van der Waals surface area contributed by atoms with Gasteiger partial charge in [0.1, 0.15) is 15.8 Å². The first-order chi connectivity index (χ1) is 9.96. The molecular formula is C17H21N3S. The van der Waals surface area contributed by atoms with Gasteiger partial charge in [-0.15, -0.1) is 11.3 Å². The van der Waals surface area contributed by atoms with E-state index < -0.39 is 0 Å². The van der Waals surface area contributed by atoms with E-state index in [1.807, 2.05) is 0 Å². The average molecular weight is 299 g/mol. The number of fused-ring (bicyclic) bond motifs is 2. The molecule has 2 N–H and O–H groups in total. The molecule has 1 aliphatic rings. The van der Waals surface area contributed by atoms with Crippen LogP contribution in [0, 0.1) is 22.7 Å². The molecule has 0 spiro atoms. The van der Waals surface area contributed by atoms with Crippen LogP contribution in [0.3, 0.4) is 0 Å². The zero-order valence-electron chi connectivity index (χ0n) is 12.9. The highest BCUT2D eigenvalue weighted by Crippen LogP contribution is 2.41. The van der Waals surface area contributed by atoms with Crippen molar-refractivity contribution in [3.05, 3.63) is 22.2 Å². The van der Waals surface area contributed by atoms with E-state index in [0.29, 0.717) is 21.9 Å². The molecule has 0 saturated carbocycles. The van der Waals surface area contributed by atoms with Gasteiger partial charge in [0.05, 0.1) is 5.69 Å². The van der Waals surface area contributed by atoms with Crippen molar-refractivity contribution < 1.29 is 0 Å². The number of pyridine rings is 1. The Kier molecular flexibility index (Phi) is 3.41. The highest BCUT2D eigenvalue weighted by atomic mass is 32.1. The van der Waals surface area contributed by atoms with E-state index in [-0.39, 0.29) is 0 Å². The highest BCUT2D eigenvalue weighted by molar-refractivity contribution is 7.19. The maximum atomic E-state index is 9.12. The summed E-state index contributed by atoms with van der Waals surface area (Å²) >= 11 is 1.41. The minimum absolute atomic E-state index is 0.366. The number of nitrogens with two attached hydrogens (primary N) is 1. The van der Waals surface area contributed by atoms with Crippen molar-refractivity contribution in [2.75, 3.05) is 5.73 Å². The predicted molar refractivity (Wildman–Crippen MR) is 88.3 cm³/mol. The minimum Gasteiger partial charge on any atom is -0.396 e. The molecule has 0 fully saturated rings. The monoisotopic (exact) mass is 299 g/mol. The highest BCUT2D eigenvalue weighted by Gasteiger charge is 2.32. The fourth-order valence-electron chi connectivity index (χ4n) is 3.23. The number of aryl methyl sites for hydroxylation is 1. The summed E-state index contributed by atoms with van der Waals surface area (Å²) in [6.45, 7) is 7.00. The van der Waals surface area contributed by atoms with E-state index >= 15 is 0 Å². The number of hydrogen-bond donors (Lipinski definition) is 1. The Morgan fingerprint density at radius 2 is 2.29 bits per heavy atom. The summed E-state index contributed by atoms with van der Waals surface area (Å²) < 4.78 is 0. The molecule has 0 saturated heterocycles. The van der Waals surface area contributed by atoms with Crippen LogP contribution in [-0.4, -0.2) is 4.98 Å². The molecule has 0 aromatic carbocycles. The van der Waals surface area contributed by atoms with Crippen LogP contribution in [0.1, 0.15) is 49.7 Å². The zero-order chi connectivity index (χ0) is 15.2. The third kappa shape index (κ3) is 2.30. The molecule has 1 aliphatic carbocycles. The fraction of sp³-hybridized carbons (Fsp3) is 0.529. The van der Waals surface area contributed by atoms with E-state index in [2.05, 4.69) is 32.9 Å². The Morgan fingerprint density at radius 1 is 1.52 bits per heavy atom. The van der Waals surface area contributed by atoms with E-state index in [1.165, 1.54) is 35.4 Å². The molecule has 2 aromatic heterocycles. The first-order valence-electron chi connectivity index (χ1n) is 7.57. The topological polar surface area (TPSA) is 62.7 Å². The molecule has 4 heteroatoms. The van der Waals surface area contributed by atoms with E-state index in [0.717, 1.165) is 23.1 Å². The molecule has 3 nitrogen and oxygen atoms in total. The van der Waals surface area contributed by atoms with Gasteiger partial charge in [0.25, 0.3) is 0 Å². The molecule has 2 heterocycles. The Bertz CT molecular complexity index is 737. The van der Waals surface area contributed by atoms with E-state index in [1.54, 1.807) is 0 Å². The van der Waals surface area contributed by atoms with Crippen LogP contribution in [0.15, 0.2) is 6.07 Å². The molecule has 3 rings (SSSR count). The summed E-state index contributed by atoms with van der Waals surface area (Å²) in [7, 11) is 0. The Hall–Kier alpha value is -1.60. The fourth-order valence-corrected chi connectivity index (χ4v) is 4.12. The minimum atomic E-state index is 0.366. The lowest BCUT2D eigenvalue weighted by atomic mass is 9.69. The van der Waals surface area contributed by atoms with Crippen molar-refractivity contribution in [1.29, 1.82) is 5.26 Å². The van der Waals surface area contributed by atoms with Gasteiger partial charge in [-0.1, -0.05) is 27.2 Å². The third-order valence-electron chi connectivity index (χ3n) is 5.20. The van der Waals surface area contributed by atoms with Gasteiger partial charge in [-0.3, -0.25) is 0 Å². The van der Waals surface area contributed by atoms with Gasteiger partial charge in [0, 0.05) is 11.1 Å². The molecule has 0 bridgehead atoms. The lowest BCUT2D eigenvalue weighted by molar-refractivity contribution is 0.182. The number of hydrogen-bond acceptors (Lipinski definition) is 4. The Labute approximate surface area is 129 Å². The van der Waals surface area contributed by atoms with Crippen molar-refractivity contribution in [2.24, 2.45) is 11.3 Å². The zero-order valence-corrected chi connectivity index (χ0v) is 13.7. The second kappa shape index (κ2) is 4.99. The Balaban J connectivity index is 2.05. The number of anilines is 1. The molecule has 0 radical (unpaired) electrons. The Morgan fingerprint density at radius 3 is 2.95 bits per heavy atom. The molecule has 1 atom stereocenters. The van der Waals surface area contributed by atoms with Crippen LogP contribution in [0.5, 0.6) is 0 Å². The number of nitrogen functional groups attached to an aromatic ring is 1. The van der Waals surface area contributed by atoms with Gasteiger partial charge in [-0.2, -0.15) is 5.26 Å². The summed E-state index contributed by atoms with van der Waals surface area (Å²) in [6.07, 6.45) is 4.52. The number of aromatic nitrogens is 1. The van der Waals surface area contributed by atoms with Crippen molar-refractivity contribution in [1.82, 2.24) is 4.98 Å². The van der Waals surface area contributed by atoms with Crippen LogP contribution in [-0.2, 0) is 12.8 Å². The van der Waals surface area contributed by atoms with E-state index in [9.17, 15) is 0 Å². The van der Waals surface area contributed by atoms with Crippen LogP contribution in [0.2, 0.25) is 0 Å². The van der Waals surface area contributed by atoms with Crippen molar-refractivity contribution in [3.8, 4) is 6.07 Å². The molecule has 21 heavy (non-hydrogen) atoms. The molecule has 0 amide bonds. The van der Waals surface area contributed by atoms with Gasteiger partial charge in [0.2, 0.25) is 0 Å². The summed E-state index contributed by atoms with van der Waals surface area (Å²) in [5.74, 6) is 0.699. The SMILES string of the molecule is CCC(C)(C)[C@H]1CCc2nc3sc(C#N)c(N)c3cc2C1. The van der Waals surface area contributed by atoms with Crippen molar-refractivity contribution in [2.45, 2.75) is 46.5 Å². The lowest BCUT2D eigenvalue weighted by Gasteiger charge is -2.36. The first-order valence-corrected chi connectivity index (χ1v) is 8.38. The van der Waals surface area contributed by atoms with Crippen molar-refractivity contribution >= 4 is 27.2 Å². The molecule has 0 aliphatic heterocycles. The maximum Gasteiger partial charge on any atom is 0.130 e. The van der Waals surface area contributed by atoms with Gasteiger partial charge in [-0.25, -0.2) is 4.98 Å². The average Bonchev–Trinajstić information content (AvgIpc) is 2.80. The molecular weight excluding hydrogens is 278 g/mol. The molecule has 0 unspecified atom stereocenters. The van der Waals surface area contributed by atoms with Gasteiger partial charge >= 0.3 is 0 Å². The number of thiophene rings is 1. The normalized spacial score (nSPS) is 18.5. The van der Waals surface area contributed by atoms with Gasteiger partial charge < -0.3 is 5.73 Å². The predicted octanol–water partition coefficient (Wildman–Crippen LogP) is 4.29. The first kappa shape index (κ1) is 14.3. The van der Waals surface area contributed by atoms with Crippen LogP contribution in [0.4, 0.5) is 5.69 Å². The molecule has 110 valence electrons. The van der Waals surface area contributed by atoms with Crippen LogP contribution >= 0.6 is 11.3 Å². The largest absolute Gasteiger partial charge is 0.396 e. The van der Waals surface area contributed by atoms with Gasteiger partial charge in [-0.05, 0) is 42.2 Å². The van der Waals surface area contributed by atoms with Crippen LogP contribution in [0.25, 0.3) is 10.2 Å². The van der Waals surface area contributed by atoms with Crippen LogP contribution < -0.4 is 5.73 Å². The summed E-state index contributed by atoms with van der Waals surface area (Å²) in [5, 5.41) is 10.1. The smallest absolute Gasteiger partial charge is 0.130 e.